The maximum absolute atomic E-state index is 10.8. The molecule has 6 fully saturated rings. The summed E-state index contributed by atoms with van der Waals surface area (Å²) in [4.78, 5) is 0. The molecule has 0 spiro atoms. The predicted octanol–water partition coefficient (Wildman–Crippen LogP) is 6.88. The average Bonchev–Trinajstić information content (AvgIpc) is 3.30. The second-order valence-corrected chi connectivity index (χ2v) is 17.3. The van der Waals surface area contributed by atoms with Crippen LogP contribution in [0.1, 0.15) is 119 Å². The predicted molar refractivity (Wildman–Crippen MR) is 162 cm³/mol. The minimum Gasteiger partial charge on any atom is -0.396 e. The van der Waals surface area contributed by atoms with Crippen LogP contribution in [-0.4, -0.2) is 52.6 Å². The van der Waals surface area contributed by atoms with E-state index in [9.17, 15) is 15.3 Å². The Bertz CT molecular complexity index is 1010. The number of ether oxygens (including phenoxy) is 2. The highest BCUT2D eigenvalue weighted by Gasteiger charge is 2.71. The molecule has 0 amide bonds. The highest BCUT2D eigenvalue weighted by atomic mass is 16.7. The van der Waals surface area contributed by atoms with Gasteiger partial charge in [0.2, 0.25) is 0 Å². The molecule has 5 heteroatoms. The Morgan fingerprint density at radius 2 is 1.61 bits per heavy atom. The summed E-state index contributed by atoms with van der Waals surface area (Å²) in [5.41, 5.74) is 2.33. The van der Waals surface area contributed by atoms with Crippen molar-refractivity contribution in [1.82, 2.24) is 0 Å². The molecule has 6 aliphatic rings. The van der Waals surface area contributed by atoms with Crippen molar-refractivity contribution in [3.63, 3.8) is 0 Å². The summed E-state index contributed by atoms with van der Waals surface area (Å²) in [7, 11) is 0. The summed E-state index contributed by atoms with van der Waals surface area (Å²) < 4.78 is 12.7. The van der Waals surface area contributed by atoms with Crippen molar-refractivity contribution in [3.05, 3.63) is 12.2 Å². The van der Waals surface area contributed by atoms with Gasteiger partial charge in [-0.2, -0.15) is 0 Å². The van der Waals surface area contributed by atoms with E-state index in [4.69, 9.17) is 9.47 Å². The molecular weight excluding hydrogens is 512 g/mol. The topological polar surface area (TPSA) is 79.2 Å². The van der Waals surface area contributed by atoms with E-state index in [1.807, 2.05) is 6.92 Å². The molecule has 6 rings (SSSR count). The number of hydrogen-bond acceptors (Lipinski definition) is 5. The van der Waals surface area contributed by atoms with E-state index in [2.05, 4.69) is 48.1 Å². The summed E-state index contributed by atoms with van der Waals surface area (Å²) in [6, 6.07) is 0. The maximum atomic E-state index is 10.8. The first-order valence-corrected chi connectivity index (χ1v) is 17.1. The van der Waals surface area contributed by atoms with Crippen LogP contribution in [0.3, 0.4) is 0 Å². The van der Waals surface area contributed by atoms with E-state index in [-0.39, 0.29) is 22.3 Å². The van der Waals surface area contributed by atoms with Gasteiger partial charge in [0, 0.05) is 13.0 Å². The van der Waals surface area contributed by atoms with Crippen molar-refractivity contribution in [2.45, 2.75) is 150 Å². The van der Waals surface area contributed by atoms with Crippen LogP contribution >= 0.6 is 0 Å². The average molecular weight is 573 g/mol. The third kappa shape index (κ3) is 4.17. The van der Waals surface area contributed by atoms with Gasteiger partial charge in [-0.3, -0.25) is 0 Å². The summed E-state index contributed by atoms with van der Waals surface area (Å²) >= 11 is 0. The van der Waals surface area contributed by atoms with E-state index in [0.717, 1.165) is 6.42 Å². The van der Waals surface area contributed by atoms with Crippen molar-refractivity contribution in [1.29, 1.82) is 0 Å². The first-order chi connectivity index (χ1) is 19.1. The highest BCUT2D eigenvalue weighted by Crippen LogP contribution is 2.77. The second kappa shape index (κ2) is 10.0. The summed E-state index contributed by atoms with van der Waals surface area (Å²) in [6.45, 7) is 21.7. The van der Waals surface area contributed by atoms with Crippen molar-refractivity contribution in [2.24, 2.45) is 56.7 Å². The molecule has 5 aliphatic carbocycles. The number of allylic oxidation sites excluding steroid dienone is 1. The minimum absolute atomic E-state index is 0.00873. The lowest BCUT2D eigenvalue weighted by Gasteiger charge is -2.73. The first kappa shape index (κ1) is 30.6. The Morgan fingerprint density at radius 1 is 0.878 bits per heavy atom. The molecule has 1 saturated heterocycles. The van der Waals surface area contributed by atoms with Gasteiger partial charge in [0.1, 0.15) is 6.10 Å². The van der Waals surface area contributed by atoms with Crippen LogP contribution in [0.5, 0.6) is 0 Å². The van der Waals surface area contributed by atoms with Gasteiger partial charge in [-0.25, -0.2) is 0 Å². The summed E-state index contributed by atoms with van der Waals surface area (Å²) in [5, 5.41) is 31.3. The largest absolute Gasteiger partial charge is 0.396 e. The zero-order valence-electron chi connectivity index (χ0n) is 27.1. The van der Waals surface area contributed by atoms with Gasteiger partial charge < -0.3 is 24.8 Å². The van der Waals surface area contributed by atoms with Gasteiger partial charge >= 0.3 is 0 Å². The molecule has 0 aromatic rings. The second-order valence-electron chi connectivity index (χ2n) is 17.3. The fraction of sp³-hybridized carbons (Fsp3) is 0.944. The van der Waals surface area contributed by atoms with E-state index in [1.165, 1.54) is 63.4 Å². The number of hydrogen-bond donors (Lipinski definition) is 3. The molecule has 0 aromatic carbocycles. The molecule has 234 valence electrons. The van der Waals surface area contributed by atoms with Crippen molar-refractivity contribution in [3.8, 4) is 0 Å². The lowest BCUT2D eigenvalue weighted by Crippen LogP contribution is -2.67. The molecule has 5 nitrogen and oxygen atoms in total. The molecule has 1 aliphatic heterocycles. The monoisotopic (exact) mass is 572 g/mol. The Morgan fingerprint density at radius 3 is 2.27 bits per heavy atom. The number of fused-ring (bicyclic) bond motifs is 7. The Labute approximate surface area is 249 Å². The third-order valence-electron chi connectivity index (χ3n) is 15.5. The molecule has 5 saturated carbocycles. The van der Waals surface area contributed by atoms with Gasteiger partial charge in [-0.1, -0.05) is 46.8 Å². The molecule has 0 bridgehead atoms. The standard InChI is InChI=1S/C36H60O5/c1-21(2)23-11-16-36(20-37)18-17-34(7)24(30(23)36)9-10-27-33(6)14-13-28(32(4,5)26(33)12-15-35(27,34)8)41-29-19-25(38)31(39)22(3)40-29/h22-31,37-39H,1,9-20H2,2-8H3/t22-,23-,24?,25-,26?,27+,28-,29-,30+,31-,33-,34+,35+,36+/m0/s1. The van der Waals surface area contributed by atoms with Crippen LogP contribution in [0.4, 0.5) is 0 Å². The zero-order chi connectivity index (χ0) is 29.8. The number of aliphatic hydroxyl groups excluding tert-OH is 3. The van der Waals surface area contributed by atoms with Crippen LogP contribution in [-0.2, 0) is 9.47 Å². The lowest BCUT2D eigenvalue weighted by molar-refractivity contribution is -0.297. The SMILES string of the molecule is C=C(C)[C@@H]1CC[C@]2(CO)CC[C@]3(C)C(CC[C@@H]4[C@@]5(C)CC[C@H](O[C@H]6C[C@H](O)[C@@H](O)[C@H](C)O6)C(C)(C)C5CC[C@]43C)[C@@H]12. The minimum atomic E-state index is -0.845. The molecular formula is C36H60O5. The quantitative estimate of drug-likeness (QED) is 0.253. The zero-order valence-corrected chi connectivity index (χ0v) is 27.1. The van der Waals surface area contributed by atoms with Crippen LogP contribution < -0.4 is 0 Å². The molecule has 0 aromatic heterocycles. The molecule has 1 heterocycles. The van der Waals surface area contributed by atoms with Gasteiger partial charge in [-0.15, -0.1) is 0 Å². The fourth-order valence-electron chi connectivity index (χ4n) is 13.1. The van der Waals surface area contributed by atoms with Crippen molar-refractivity contribution >= 4 is 0 Å². The van der Waals surface area contributed by atoms with Crippen LogP contribution in [0.2, 0.25) is 0 Å². The fourth-order valence-corrected chi connectivity index (χ4v) is 13.1. The smallest absolute Gasteiger partial charge is 0.161 e. The van der Waals surface area contributed by atoms with Gasteiger partial charge in [0.15, 0.2) is 6.29 Å². The van der Waals surface area contributed by atoms with Crippen molar-refractivity contribution < 1.29 is 24.8 Å². The molecule has 14 atom stereocenters. The van der Waals surface area contributed by atoms with E-state index in [0.29, 0.717) is 53.4 Å². The highest BCUT2D eigenvalue weighted by molar-refractivity contribution is 5.21. The molecule has 3 N–H and O–H groups in total. The molecule has 41 heavy (non-hydrogen) atoms. The van der Waals surface area contributed by atoms with E-state index < -0.39 is 24.6 Å². The van der Waals surface area contributed by atoms with Gasteiger partial charge in [0.05, 0.1) is 18.3 Å². The Kier molecular flexibility index (Phi) is 7.47. The number of aliphatic hydroxyl groups is 3. The normalized spacial score (nSPS) is 56.2. The summed E-state index contributed by atoms with van der Waals surface area (Å²) in [5.74, 6) is 3.10. The van der Waals surface area contributed by atoms with E-state index >= 15 is 0 Å². The Balaban J connectivity index is 1.26. The lowest BCUT2D eigenvalue weighted by atomic mass is 9.32. The van der Waals surface area contributed by atoms with E-state index in [1.54, 1.807) is 0 Å². The Hall–Kier alpha value is -0.460. The third-order valence-corrected chi connectivity index (χ3v) is 15.5. The molecule has 2 unspecified atom stereocenters. The van der Waals surface area contributed by atoms with Gasteiger partial charge in [-0.05, 0) is 135 Å². The summed E-state index contributed by atoms with van der Waals surface area (Å²) in [6.07, 6.45) is 10.0. The van der Waals surface area contributed by atoms with Crippen LogP contribution in [0.15, 0.2) is 12.2 Å². The van der Waals surface area contributed by atoms with Gasteiger partial charge in [0.25, 0.3) is 0 Å². The van der Waals surface area contributed by atoms with Crippen molar-refractivity contribution in [2.75, 3.05) is 6.61 Å². The maximum Gasteiger partial charge on any atom is 0.161 e. The molecule has 0 radical (unpaired) electrons. The van der Waals surface area contributed by atoms with Crippen LogP contribution in [0, 0.1) is 56.7 Å². The number of rotatable bonds is 4. The van der Waals surface area contributed by atoms with Crippen LogP contribution in [0.25, 0.3) is 0 Å². The first-order valence-electron chi connectivity index (χ1n) is 17.1.